The molecule has 2 fully saturated rings. The molecule has 5 atom stereocenters. The maximum atomic E-state index is 12.3. The van der Waals surface area contributed by atoms with Crippen molar-refractivity contribution in [3.63, 3.8) is 0 Å². The third kappa shape index (κ3) is 8.97. The second-order valence-corrected chi connectivity index (χ2v) is 13.4. The van der Waals surface area contributed by atoms with Crippen LogP contribution in [0.5, 0.6) is 5.75 Å². The molecule has 1 heterocycles. The molecule has 254 valence electrons. The zero-order chi connectivity index (χ0) is 33.6. The fourth-order valence-corrected chi connectivity index (χ4v) is 6.11. The number of aliphatic hydroxyl groups excluding tert-OH is 5. The molecule has 2 saturated carbocycles. The summed E-state index contributed by atoms with van der Waals surface area (Å²) in [5, 5.41) is 48.7. The summed E-state index contributed by atoms with van der Waals surface area (Å²) in [7, 11) is 0. The number of hydrogen-bond acceptors (Lipinski definition) is 9. The molecule has 3 aromatic rings. The van der Waals surface area contributed by atoms with Gasteiger partial charge in [-0.05, 0) is 79.3 Å². The molecule has 1 aromatic heterocycles. The highest BCUT2D eigenvalue weighted by Gasteiger charge is 2.48. The normalized spacial score (nSPS) is 18.6. The minimum atomic E-state index is -1.86. The molecule has 2 aliphatic rings. The molecule has 5 N–H and O–H groups in total. The maximum Gasteiger partial charge on any atom is 0.164 e. The van der Waals surface area contributed by atoms with E-state index in [1.807, 2.05) is 48.8 Å². The molecule has 0 radical (unpaired) electrons. The second-order valence-electron chi connectivity index (χ2n) is 13.0. The fraction of sp³-hybridized carbons (Fsp3) is 0.514. The number of ketones is 1. The summed E-state index contributed by atoms with van der Waals surface area (Å²) in [4.78, 5) is 16.7. The Morgan fingerprint density at radius 3 is 2.49 bits per heavy atom. The van der Waals surface area contributed by atoms with Gasteiger partial charge in [0, 0.05) is 35.0 Å². The van der Waals surface area contributed by atoms with E-state index in [4.69, 9.17) is 26.2 Å². The number of pyridine rings is 1. The van der Waals surface area contributed by atoms with Gasteiger partial charge < -0.3 is 35.0 Å². The lowest BCUT2D eigenvalue weighted by molar-refractivity contribution is -0.147. The zero-order valence-corrected chi connectivity index (χ0v) is 27.6. The highest BCUT2D eigenvalue weighted by atomic mass is 35.5. The van der Waals surface area contributed by atoms with Crippen molar-refractivity contribution < 1.29 is 39.8 Å². The van der Waals surface area contributed by atoms with Crippen LogP contribution >= 0.6 is 11.6 Å². The summed E-state index contributed by atoms with van der Waals surface area (Å²) in [5.74, 6) is 0.521. The Bertz CT molecular complexity index is 1490. The first kappa shape index (κ1) is 35.4. The van der Waals surface area contributed by atoms with Crippen LogP contribution in [0.4, 0.5) is 0 Å². The third-order valence-electron chi connectivity index (χ3n) is 9.30. The van der Waals surface area contributed by atoms with E-state index in [1.54, 1.807) is 0 Å². The van der Waals surface area contributed by atoms with Crippen LogP contribution in [-0.2, 0) is 21.7 Å². The summed E-state index contributed by atoms with van der Waals surface area (Å²) >= 11 is 6.65. The van der Waals surface area contributed by atoms with Gasteiger partial charge in [0.25, 0.3) is 0 Å². The zero-order valence-electron chi connectivity index (χ0n) is 26.8. The van der Waals surface area contributed by atoms with E-state index in [0.717, 1.165) is 78.5 Å². The van der Waals surface area contributed by atoms with Crippen molar-refractivity contribution in [2.45, 2.75) is 113 Å². The number of para-hydroxylation sites is 1. The number of aromatic nitrogens is 1. The van der Waals surface area contributed by atoms with Gasteiger partial charge in [-0.15, -0.1) is 0 Å². The number of carbonyl (C=O) groups excluding carboxylic acids is 1. The number of benzene rings is 2. The van der Waals surface area contributed by atoms with Gasteiger partial charge in [0.2, 0.25) is 0 Å². The highest BCUT2D eigenvalue weighted by molar-refractivity contribution is 6.31. The van der Waals surface area contributed by atoms with Gasteiger partial charge >= 0.3 is 0 Å². The van der Waals surface area contributed by atoms with Crippen molar-refractivity contribution in [1.82, 2.24) is 4.98 Å². The first-order valence-corrected chi connectivity index (χ1v) is 17.0. The van der Waals surface area contributed by atoms with Crippen molar-refractivity contribution in [2.24, 2.45) is 0 Å². The monoisotopic (exact) mass is 667 g/mol. The van der Waals surface area contributed by atoms with E-state index in [-0.39, 0.29) is 12.3 Å². The largest absolute Gasteiger partial charge is 0.490 e. The number of nitrogens with zero attached hydrogens (tertiary/aromatic N) is 1. The fourth-order valence-electron chi connectivity index (χ4n) is 5.94. The van der Waals surface area contributed by atoms with Crippen LogP contribution in [0.3, 0.4) is 0 Å². The van der Waals surface area contributed by atoms with Gasteiger partial charge in [-0.25, -0.2) is 0 Å². The van der Waals surface area contributed by atoms with E-state index in [0.29, 0.717) is 24.2 Å². The van der Waals surface area contributed by atoms with Crippen LogP contribution in [0.1, 0.15) is 87.3 Å². The summed E-state index contributed by atoms with van der Waals surface area (Å²) < 4.78 is 12.9. The molecule has 2 aromatic carbocycles. The van der Waals surface area contributed by atoms with Gasteiger partial charge in [-0.2, -0.15) is 0 Å². The lowest BCUT2D eigenvalue weighted by atomic mass is 9.93. The standard InChI is InChI=1S/C37H46ClNO8/c1-23(7-3-2-4-9-31(41)34(43)36(45)35(44)32(42)21-40)24-11-14-30(38)25(19-24)22-46-37(16-17-37)29-20-39-18-15-27(29)28-8-5-6-10-33(28)47-26-12-13-26/h5-6,8,10-11,14-15,18-20,23,26,32,34-36,40,42-45H,2-4,7,9,12-13,16-17,21-22H2,1H3/t23?,32-,34+,35+,36+/m0/s1. The number of unbranched alkanes of at least 4 members (excludes halogenated alkanes) is 2. The lowest BCUT2D eigenvalue weighted by Crippen LogP contribution is -2.48. The number of Topliss-reactive ketones (excluding diaryl/α,β-unsaturated/α-hetero) is 1. The Balaban J connectivity index is 1.14. The van der Waals surface area contributed by atoms with Crippen molar-refractivity contribution >= 4 is 17.4 Å². The number of hydrogen-bond donors (Lipinski definition) is 5. The van der Waals surface area contributed by atoms with E-state index in [2.05, 4.69) is 24.0 Å². The predicted molar refractivity (Wildman–Crippen MR) is 178 cm³/mol. The molecule has 0 aliphatic heterocycles. The summed E-state index contributed by atoms with van der Waals surface area (Å²) in [6.45, 7) is 1.73. The second kappa shape index (κ2) is 16.0. The molecular formula is C37H46ClNO8. The number of halogens is 1. The van der Waals surface area contributed by atoms with Gasteiger partial charge in [-0.1, -0.05) is 61.7 Å². The van der Waals surface area contributed by atoms with Crippen LogP contribution in [-0.4, -0.2) is 73.4 Å². The number of ether oxygens (including phenoxy) is 2. The van der Waals surface area contributed by atoms with Crippen LogP contribution in [0.15, 0.2) is 60.9 Å². The minimum absolute atomic E-state index is 0.0382. The van der Waals surface area contributed by atoms with Crippen LogP contribution in [0.25, 0.3) is 11.1 Å². The SMILES string of the molecule is CC(CCCCCC(=O)[C@@H](O)[C@@H](O)[C@H](O)[C@@H](O)CO)c1ccc(Cl)c(COC2(c3cnccc3-c3ccccc3OC3CC3)CC2)c1. The van der Waals surface area contributed by atoms with Gasteiger partial charge in [0.1, 0.15) is 30.2 Å². The van der Waals surface area contributed by atoms with Crippen molar-refractivity contribution in [2.75, 3.05) is 6.61 Å². The first-order chi connectivity index (χ1) is 22.6. The molecule has 1 unspecified atom stereocenters. The Morgan fingerprint density at radius 2 is 1.77 bits per heavy atom. The van der Waals surface area contributed by atoms with Crippen LogP contribution in [0.2, 0.25) is 5.02 Å². The Labute approximate surface area is 281 Å². The lowest BCUT2D eigenvalue weighted by Gasteiger charge is -2.24. The molecule has 2 aliphatic carbocycles. The number of carbonyl (C=O) groups is 1. The van der Waals surface area contributed by atoms with Crippen molar-refractivity contribution in [3.8, 4) is 16.9 Å². The molecular weight excluding hydrogens is 622 g/mol. The van der Waals surface area contributed by atoms with E-state index in [9.17, 15) is 25.2 Å². The van der Waals surface area contributed by atoms with E-state index in [1.165, 1.54) is 0 Å². The van der Waals surface area contributed by atoms with Crippen LogP contribution < -0.4 is 4.74 Å². The summed E-state index contributed by atoms with van der Waals surface area (Å²) in [6, 6.07) is 16.3. The average Bonchev–Trinajstić information content (AvgIpc) is 4.04. The summed E-state index contributed by atoms with van der Waals surface area (Å²) in [6.07, 6.45) is 3.90. The Morgan fingerprint density at radius 1 is 1.00 bits per heavy atom. The molecule has 0 saturated heterocycles. The number of rotatable bonds is 19. The topological polar surface area (TPSA) is 150 Å². The van der Waals surface area contributed by atoms with Crippen molar-refractivity contribution in [3.05, 3.63) is 82.6 Å². The minimum Gasteiger partial charge on any atom is -0.490 e. The Kier molecular flexibility index (Phi) is 12.1. The Hall–Kier alpha value is -2.89. The molecule has 10 heteroatoms. The average molecular weight is 668 g/mol. The van der Waals surface area contributed by atoms with Gasteiger partial charge in [0.05, 0.1) is 24.9 Å². The molecule has 9 nitrogen and oxygen atoms in total. The van der Waals surface area contributed by atoms with Gasteiger partial charge in [0.15, 0.2) is 5.78 Å². The maximum absolute atomic E-state index is 12.3. The molecule has 47 heavy (non-hydrogen) atoms. The van der Waals surface area contributed by atoms with Crippen LogP contribution in [0, 0.1) is 0 Å². The quantitative estimate of drug-likeness (QED) is 0.109. The first-order valence-electron chi connectivity index (χ1n) is 16.6. The molecule has 0 amide bonds. The highest BCUT2D eigenvalue weighted by Crippen LogP contribution is 2.53. The van der Waals surface area contributed by atoms with E-state index >= 15 is 0 Å². The third-order valence-corrected chi connectivity index (χ3v) is 9.67. The van der Waals surface area contributed by atoms with E-state index < -0.39 is 42.4 Å². The molecule has 0 spiro atoms. The number of aliphatic hydroxyl groups is 5. The molecule has 0 bridgehead atoms. The van der Waals surface area contributed by atoms with Crippen molar-refractivity contribution in [1.29, 1.82) is 0 Å². The molecule has 5 rings (SSSR count). The van der Waals surface area contributed by atoms with Gasteiger partial charge in [-0.3, -0.25) is 9.78 Å². The summed E-state index contributed by atoms with van der Waals surface area (Å²) in [5.41, 5.74) is 4.84. The predicted octanol–water partition coefficient (Wildman–Crippen LogP) is 5.21. The smallest absolute Gasteiger partial charge is 0.164 e.